The predicted molar refractivity (Wildman–Crippen MR) is 134 cm³/mol. The summed E-state index contributed by atoms with van der Waals surface area (Å²) in [4.78, 5) is 41.8. The third kappa shape index (κ3) is 3.10. The maximum absolute atomic E-state index is 14.1. The lowest BCUT2D eigenvalue weighted by atomic mass is 10.0. The number of hydrogen-bond donors (Lipinski definition) is 1. The number of anilines is 1. The van der Waals surface area contributed by atoms with Crippen molar-refractivity contribution in [3.63, 3.8) is 0 Å². The number of ketones is 1. The normalized spacial score (nSPS) is 11.8. The third-order valence-corrected chi connectivity index (χ3v) is 6.33. The van der Waals surface area contributed by atoms with Gasteiger partial charge in [0.1, 0.15) is 0 Å². The van der Waals surface area contributed by atoms with Crippen LogP contribution in [0, 0.1) is 0 Å². The van der Waals surface area contributed by atoms with Gasteiger partial charge in [-0.2, -0.15) is 0 Å². The van der Waals surface area contributed by atoms with Gasteiger partial charge in [0.05, 0.1) is 42.1 Å². The zero-order valence-corrected chi connectivity index (χ0v) is 19.7. The monoisotopic (exact) mass is 469 g/mol. The first kappa shape index (κ1) is 22.2. The Morgan fingerprint density at radius 1 is 0.943 bits per heavy atom. The smallest absolute Gasteiger partial charge is 0.267 e. The van der Waals surface area contributed by atoms with E-state index < -0.39 is 11.5 Å². The second-order valence-corrected chi connectivity index (χ2v) is 8.42. The van der Waals surface area contributed by atoms with Crippen LogP contribution in [0.4, 0.5) is 5.69 Å². The summed E-state index contributed by atoms with van der Waals surface area (Å²) in [5.74, 6) is -0.221. The van der Waals surface area contributed by atoms with E-state index in [9.17, 15) is 14.4 Å². The number of primary amides is 1. The highest BCUT2D eigenvalue weighted by molar-refractivity contribution is 6.27. The molecule has 0 unspecified atom stereocenters. The Hall–Kier alpha value is -4.59. The molecule has 3 aromatic carbocycles. The highest BCUT2D eigenvalue weighted by atomic mass is 16.5. The van der Waals surface area contributed by atoms with Gasteiger partial charge in [-0.15, -0.1) is 0 Å². The number of nitrogens with zero attached hydrogens (tertiary/aromatic N) is 2. The van der Waals surface area contributed by atoms with Crippen molar-refractivity contribution in [1.29, 1.82) is 0 Å². The number of hydrogen-bond acceptors (Lipinski definition) is 6. The van der Waals surface area contributed by atoms with Crippen LogP contribution in [-0.2, 0) is 0 Å². The molecule has 0 spiro atoms. The molecule has 0 saturated heterocycles. The molecule has 8 heteroatoms. The van der Waals surface area contributed by atoms with Gasteiger partial charge >= 0.3 is 0 Å². The molecule has 176 valence electrons. The molecule has 0 saturated carbocycles. The van der Waals surface area contributed by atoms with Gasteiger partial charge in [-0.3, -0.25) is 19.0 Å². The minimum absolute atomic E-state index is 0.193. The van der Waals surface area contributed by atoms with Gasteiger partial charge in [-0.25, -0.2) is 0 Å². The fourth-order valence-electron chi connectivity index (χ4n) is 4.80. The van der Waals surface area contributed by atoms with Gasteiger partial charge in [-0.1, -0.05) is 24.3 Å². The summed E-state index contributed by atoms with van der Waals surface area (Å²) in [5, 5.41) is 0.684. The summed E-state index contributed by atoms with van der Waals surface area (Å²) in [6, 6.07) is 15.6. The number of pyridine rings is 1. The molecule has 2 N–H and O–H groups in total. The SMILES string of the molecule is COc1ccc2c3c(n(-c4ccc(N(C)C)c(C(N)=O)c4)c(=O)c2c1OC)-c1ccccc1C3=O. The van der Waals surface area contributed by atoms with Crippen LogP contribution in [0.25, 0.3) is 27.7 Å². The lowest BCUT2D eigenvalue weighted by Crippen LogP contribution is -2.24. The summed E-state index contributed by atoms with van der Waals surface area (Å²) in [5.41, 5.74) is 8.53. The van der Waals surface area contributed by atoms with Crippen LogP contribution in [0.5, 0.6) is 11.5 Å². The molecule has 35 heavy (non-hydrogen) atoms. The average molecular weight is 469 g/mol. The largest absolute Gasteiger partial charge is 0.493 e. The van der Waals surface area contributed by atoms with E-state index in [0.29, 0.717) is 44.9 Å². The Kier molecular flexibility index (Phi) is 5.09. The Balaban J connectivity index is 1.99. The molecular weight excluding hydrogens is 446 g/mol. The van der Waals surface area contributed by atoms with Crippen molar-refractivity contribution in [2.75, 3.05) is 33.2 Å². The first-order valence-corrected chi connectivity index (χ1v) is 10.9. The maximum atomic E-state index is 14.1. The van der Waals surface area contributed by atoms with Gasteiger partial charge in [0.2, 0.25) is 0 Å². The molecule has 1 aromatic heterocycles. The zero-order valence-electron chi connectivity index (χ0n) is 19.7. The van der Waals surface area contributed by atoms with Gasteiger partial charge in [0, 0.05) is 36.3 Å². The van der Waals surface area contributed by atoms with E-state index in [-0.39, 0.29) is 22.5 Å². The van der Waals surface area contributed by atoms with Crippen LogP contribution < -0.4 is 25.7 Å². The van der Waals surface area contributed by atoms with Crippen LogP contribution >= 0.6 is 0 Å². The summed E-state index contributed by atoms with van der Waals surface area (Å²) in [6.07, 6.45) is 0. The van der Waals surface area contributed by atoms with Crippen molar-refractivity contribution in [2.24, 2.45) is 5.73 Å². The van der Waals surface area contributed by atoms with Crippen LogP contribution in [0.1, 0.15) is 26.3 Å². The number of fused-ring (bicyclic) bond motifs is 5. The highest BCUT2D eigenvalue weighted by Gasteiger charge is 2.34. The molecule has 8 nitrogen and oxygen atoms in total. The highest BCUT2D eigenvalue weighted by Crippen LogP contribution is 2.44. The van der Waals surface area contributed by atoms with Crippen LogP contribution in [-0.4, -0.2) is 44.6 Å². The minimum atomic E-state index is -0.628. The maximum Gasteiger partial charge on any atom is 0.267 e. The second-order valence-electron chi connectivity index (χ2n) is 8.42. The van der Waals surface area contributed by atoms with Gasteiger partial charge in [-0.05, 0) is 30.3 Å². The van der Waals surface area contributed by atoms with Gasteiger partial charge in [0.25, 0.3) is 11.5 Å². The second kappa shape index (κ2) is 8.02. The van der Waals surface area contributed by atoms with Crippen molar-refractivity contribution < 1.29 is 19.1 Å². The molecule has 0 atom stereocenters. The summed E-state index contributed by atoms with van der Waals surface area (Å²) < 4.78 is 12.4. The van der Waals surface area contributed by atoms with Crippen molar-refractivity contribution in [2.45, 2.75) is 0 Å². The van der Waals surface area contributed by atoms with Crippen LogP contribution in [0.3, 0.4) is 0 Å². The summed E-state index contributed by atoms with van der Waals surface area (Å²) in [6.45, 7) is 0. The molecule has 5 rings (SSSR count). The topological polar surface area (TPSA) is 104 Å². The molecule has 0 radical (unpaired) electrons. The van der Waals surface area contributed by atoms with Gasteiger partial charge in [0.15, 0.2) is 17.3 Å². The van der Waals surface area contributed by atoms with E-state index in [1.165, 1.54) is 18.8 Å². The number of carbonyl (C=O) groups excluding carboxylic acids is 2. The number of rotatable bonds is 5. The summed E-state index contributed by atoms with van der Waals surface area (Å²) in [7, 11) is 6.53. The van der Waals surface area contributed by atoms with Crippen LogP contribution in [0.2, 0.25) is 0 Å². The standard InChI is InChI=1S/C27H23N3O5/c1-29(2)19-11-9-14(13-18(19)26(28)32)30-23-15-7-5-6-8-16(15)24(31)21(23)17-10-12-20(34-3)25(35-4)22(17)27(30)33/h5-13H,1-4H3,(H2,28,32). The van der Waals surface area contributed by atoms with Crippen molar-refractivity contribution >= 4 is 28.2 Å². The van der Waals surface area contributed by atoms with Crippen LogP contribution in [0.15, 0.2) is 59.4 Å². The number of methoxy groups -OCH3 is 2. The Morgan fingerprint density at radius 3 is 2.29 bits per heavy atom. The van der Waals surface area contributed by atoms with E-state index in [0.717, 1.165) is 0 Å². The minimum Gasteiger partial charge on any atom is -0.493 e. The van der Waals surface area contributed by atoms with Crippen molar-refractivity contribution in [3.05, 3.63) is 81.6 Å². The first-order chi connectivity index (χ1) is 16.8. The summed E-state index contributed by atoms with van der Waals surface area (Å²) >= 11 is 0. The Bertz CT molecular complexity index is 1620. The fourth-order valence-corrected chi connectivity index (χ4v) is 4.80. The van der Waals surface area contributed by atoms with E-state index in [1.807, 2.05) is 12.1 Å². The average Bonchev–Trinajstić information content (AvgIpc) is 3.15. The van der Waals surface area contributed by atoms with Crippen molar-refractivity contribution in [1.82, 2.24) is 4.57 Å². The third-order valence-electron chi connectivity index (χ3n) is 6.33. The van der Waals surface area contributed by atoms with E-state index in [2.05, 4.69) is 0 Å². The predicted octanol–water partition coefficient (Wildman–Crippen LogP) is 3.38. The first-order valence-electron chi connectivity index (χ1n) is 10.9. The number of ether oxygens (including phenoxy) is 2. The number of aromatic nitrogens is 1. The Labute approximate surface area is 201 Å². The molecule has 1 aliphatic rings. The number of benzene rings is 3. The molecular formula is C27H23N3O5. The van der Waals surface area contributed by atoms with E-state index >= 15 is 0 Å². The number of nitrogens with two attached hydrogens (primary N) is 1. The molecule has 1 aliphatic carbocycles. The lowest BCUT2D eigenvalue weighted by molar-refractivity contribution is 0.0999. The molecule has 0 fully saturated rings. The van der Waals surface area contributed by atoms with Crippen molar-refractivity contribution in [3.8, 4) is 28.4 Å². The number of amides is 1. The molecule has 1 amide bonds. The van der Waals surface area contributed by atoms with E-state index in [4.69, 9.17) is 15.2 Å². The lowest BCUT2D eigenvalue weighted by Gasteiger charge is -2.20. The Morgan fingerprint density at radius 2 is 1.66 bits per heavy atom. The molecule has 0 aliphatic heterocycles. The molecule has 4 aromatic rings. The number of carbonyl (C=O) groups is 2. The molecule has 0 bridgehead atoms. The molecule has 1 heterocycles. The van der Waals surface area contributed by atoms with E-state index in [1.54, 1.807) is 61.5 Å². The fraction of sp³-hybridized carbons (Fsp3) is 0.148. The van der Waals surface area contributed by atoms with Gasteiger partial charge < -0.3 is 20.1 Å². The quantitative estimate of drug-likeness (QED) is 0.423. The zero-order chi connectivity index (χ0) is 25.0.